The number of aliphatic hydroxyl groups is 1. The van der Waals surface area contributed by atoms with Crippen molar-refractivity contribution in [1.82, 2.24) is 25.1 Å². The first-order valence-electron chi connectivity index (χ1n) is 12.4. The molecule has 0 aliphatic heterocycles. The Kier molecular flexibility index (Phi) is 5.11. The number of hydrogen-bond acceptors (Lipinski definition) is 7. The third kappa shape index (κ3) is 3.22. The number of halogens is 2. The highest BCUT2D eigenvalue weighted by Crippen LogP contribution is 2.69. The van der Waals surface area contributed by atoms with Crippen molar-refractivity contribution in [3.05, 3.63) is 77.2 Å². The summed E-state index contributed by atoms with van der Waals surface area (Å²) in [6, 6.07) is 5.56. The summed E-state index contributed by atoms with van der Waals surface area (Å²) in [7, 11) is 0. The highest BCUT2D eigenvalue weighted by Gasteiger charge is 2.65. The molecule has 0 amide bonds. The maximum atomic E-state index is 14.5. The minimum atomic E-state index is -1.11. The molecule has 7 nitrogen and oxygen atoms in total. The predicted molar refractivity (Wildman–Crippen MR) is 131 cm³/mol. The Morgan fingerprint density at radius 2 is 1.86 bits per heavy atom. The zero-order valence-electron chi connectivity index (χ0n) is 21.1. The van der Waals surface area contributed by atoms with Gasteiger partial charge in [0.2, 0.25) is 5.89 Å². The Bertz CT molecular complexity index is 1510. The quantitative estimate of drug-likeness (QED) is 0.374. The van der Waals surface area contributed by atoms with Gasteiger partial charge in [-0.3, -0.25) is 4.98 Å². The van der Waals surface area contributed by atoms with E-state index < -0.39 is 22.7 Å². The topological polar surface area (TPSA) is 97.8 Å². The van der Waals surface area contributed by atoms with Crippen molar-refractivity contribution in [2.24, 2.45) is 5.41 Å². The standard InChI is InChI=1S/C28H27F2N5O2/c1-5-27(4,36)22-14-37-25(33-22)20-12-31-13-21(32-20)28-10-9-16(26(28,2)3)15-11-19(34-35-24(15)28)23-17(29)7-6-8-18(23)30/h6-8,11-14,16,36H,5,9-10H2,1-4H3/t16-,27-,28-/m0/s1. The van der Waals surface area contributed by atoms with E-state index in [1.54, 1.807) is 25.4 Å². The number of aromatic nitrogens is 5. The van der Waals surface area contributed by atoms with Crippen molar-refractivity contribution in [2.75, 3.05) is 0 Å². The van der Waals surface area contributed by atoms with Crippen LogP contribution in [0, 0.1) is 17.0 Å². The zero-order valence-corrected chi connectivity index (χ0v) is 21.1. The van der Waals surface area contributed by atoms with Crippen LogP contribution in [0.3, 0.4) is 0 Å². The molecule has 3 aromatic heterocycles. The Labute approximate surface area is 213 Å². The van der Waals surface area contributed by atoms with E-state index in [2.05, 4.69) is 34.0 Å². The molecule has 0 radical (unpaired) electrons. The van der Waals surface area contributed by atoms with E-state index in [-0.39, 0.29) is 28.5 Å². The Morgan fingerprint density at radius 1 is 1.11 bits per heavy atom. The maximum Gasteiger partial charge on any atom is 0.247 e. The Balaban J connectivity index is 1.47. The fraction of sp³-hybridized carbons (Fsp3) is 0.393. The summed E-state index contributed by atoms with van der Waals surface area (Å²) in [4.78, 5) is 13.9. The second kappa shape index (κ2) is 7.95. The summed E-state index contributed by atoms with van der Waals surface area (Å²) in [5.41, 5.74) is 1.34. The molecule has 1 aromatic carbocycles. The van der Waals surface area contributed by atoms with Crippen molar-refractivity contribution in [3.63, 3.8) is 0 Å². The smallest absolute Gasteiger partial charge is 0.247 e. The molecule has 1 fully saturated rings. The molecule has 2 aliphatic rings. The van der Waals surface area contributed by atoms with E-state index >= 15 is 0 Å². The second-order valence-electron chi connectivity index (χ2n) is 10.8. The first-order valence-corrected chi connectivity index (χ1v) is 12.4. The zero-order chi connectivity index (χ0) is 26.2. The van der Waals surface area contributed by atoms with Crippen molar-refractivity contribution >= 4 is 0 Å². The number of oxazole rings is 1. The van der Waals surface area contributed by atoms with Gasteiger partial charge < -0.3 is 9.52 Å². The molecule has 0 unspecified atom stereocenters. The lowest BCUT2D eigenvalue weighted by Gasteiger charge is -2.37. The minimum absolute atomic E-state index is 0.116. The number of rotatable bonds is 5. The van der Waals surface area contributed by atoms with Gasteiger partial charge in [-0.1, -0.05) is 26.8 Å². The highest BCUT2D eigenvalue weighted by molar-refractivity contribution is 5.64. The molecule has 3 heterocycles. The van der Waals surface area contributed by atoms with Crippen LogP contribution in [0.2, 0.25) is 0 Å². The molecule has 37 heavy (non-hydrogen) atoms. The van der Waals surface area contributed by atoms with E-state index in [1.165, 1.54) is 24.5 Å². The molecule has 6 rings (SSSR count). The van der Waals surface area contributed by atoms with Crippen LogP contribution in [-0.4, -0.2) is 30.3 Å². The van der Waals surface area contributed by atoms with Crippen LogP contribution in [-0.2, 0) is 11.0 Å². The summed E-state index contributed by atoms with van der Waals surface area (Å²) >= 11 is 0. The van der Waals surface area contributed by atoms with Gasteiger partial charge in [-0.2, -0.15) is 5.10 Å². The first-order chi connectivity index (χ1) is 17.6. The average molecular weight is 504 g/mol. The molecule has 9 heteroatoms. The maximum absolute atomic E-state index is 14.5. The summed E-state index contributed by atoms with van der Waals surface area (Å²) in [6.45, 7) is 7.90. The van der Waals surface area contributed by atoms with E-state index in [4.69, 9.17) is 9.40 Å². The molecule has 0 saturated heterocycles. The second-order valence-corrected chi connectivity index (χ2v) is 10.8. The van der Waals surface area contributed by atoms with Gasteiger partial charge in [0.05, 0.1) is 34.3 Å². The van der Waals surface area contributed by atoms with Gasteiger partial charge in [0.15, 0.2) is 0 Å². The average Bonchev–Trinajstić information content (AvgIpc) is 3.53. The van der Waals surface area contributed by atoms with E-state index in [1.807, 2.05) is 6.92 Å². The third-order valence-electron chi connectivity index (χ3n) is 8.64. The summed E-state index contributed by atoms with van der Waals surface area (Å²) < 4.78 is 34.7. The van der Waals surface area contributed by atoms with Crippen LogP contribution in [0.1, 0.15) is 75.5 Å². The minimum Gasteiger partial charge on any atom is -0.443 e. The molecule has 0 spiro atoms. The molecular weight excluding hydrogens is 476 g/mol. The lowest BCUT2D eigenvalue weighted by molar-refractivity contribution is 0.0485. The van der Waals surface area contributed by atoms with Crippen LogP contribution >= 0.6 is 0 Å². The van der Waals surface area contributed by atoms with Gasteiger partial charge in [0.25, 0.3) is 0 Å². The molecule has 1 N–H and O–H groups in total. The molecule has 2 bridgehead atoms. The number of benzene rings is 1. The highest BCUT2D eigenvalue weighted by atomic mass is 19.1. The van der Waals surface area contributed by atoms with Gasteiger partial charge >= 0.3 is 0 Å². The van der Waals surface area contributed by atoms with Crippen molar-refractivity contribution in [1.29, 1.82) is 0 Å². The summed E-state index contributed by atoms with van der Waals surface area (Å²) in [6.07, 6.45) is 6.92. The van der Waals surface area contributed by atoms with E-state index in [9.17, 15) is 13.9 Å². The fourth-order valence-corrected chi connectivity index (χ4v) is 6.25. The number of fused-ring (bicyclic) bond motifs is 5. The summed E-state index contributed by atoms with van der Waals surface area (Å²) in [5.74, 6) is -0.948. The third-order valence-corrected chi connectivity index (χ3v) is 8.64. The first kappa shape index (κ1) is 23.8. The molecule has 3 atom stereocenters. The number of nitrogens with zero attached hydrogens (tertiary/aromatic N) is 5. The lowest BCUT2D eigenvalue weighted by Crippen LogP contribution is -2.38. The predicted octanol–water partition coefficient (Wildman–Crippen LogP) is 5.69. The van der Waals surface area contributed by atoms with Gasteiger partial charge in [0, 0.05) is 6.20 Å². The largest absolute Gasteiger partial charge is 0.443 e. The van der Waals surface area contributed by atoms with Gasteiger partial charge in [-0.15, -0.1) is 5.10 Å². The van der Waals surface area contributed by atoms with Gasteiger partial charge in [-0.25, -0.2) is 18.7 Å². The van der Waals surface area contributed by atoms with Crippen molar-refractivity contribution < 1.29 is 18.3 Å². The fourth-order valence-electron chi connectivity index (χ4n) is 6.25. The number of hydrogen-bond donors (Lipinski definition) is 1. The van der Waals surface area contributed by atoms with Crippen molar-refractivity contribution in [3.8, 4) is 22.8 Å². The summed E-state index contributed by atoms with van der Waals surface area (Å²) in [5, 5.41) is 19.4. The van der Waals surface area contributed by atoms with E-state index in [0.717, 1.165) is 29.8 Å². The molecule has 4 aromatic rings. The van der Waals surface area contributed by atoms with Crippen LogP contribution < -0.4 is 0 Å². The van der Waals surface area contributed by atoms with Crippen LogP contribution in [0.25, 0.3) is 22.8 Å². The van der Waals surface area contributed by atoms with Crippen molar-refractivity contribution in [2.45, 2.75) is 63.9 Å². The van der Waals surface area contributed by atoms with Gasteiger partial charge in [-0.05, 0) is 61.3 Å². The van der Waals surface area contributed by atoms with Crippen LogP contribution in [0.4, 0.5) is 8.78 Å². The molecule has 190 valence electrons. The SMILES string of the molecule is CC[C@](C)(O)c1coc(-c2cncc([C@@]34CC[C@@H](c5cc(-c6c(F)cccc6F)nnc53)C4(C)C)n2)n1. The Hall–Kier alpha value is -3.59. The van der Waals surface area contributed by atoms with Crippen LogP contribution in [0.15, 0.2) is 47.3 Å². The monoisotopic (exact) mass is 503 g/mol. The van der Waals surface area contributed by atoms with Gasteiger partial charge in [0.1, 0.15) is 34.9 Å². The normalized spacial score (nSPS) is 23.2. The Morgan fingerprint density at radius 3 is 2.59 bits per heavy atom. The van der Waals surface area contributed by atoms with Crippen LogP contribution in [0.5, 0.6) is 0 Å². The lowest BCUT2D eigenvalue weighted by atomic mass is 9.66. The molecule has 1 saturated carbocycles. The molecule has 2 aliphatic carbocycles. The van der Waals surface area contributed by atoms with E-state index in [0.29, 0.717) is 17.8 Å². The molecular formula is C28H27F2N5O2.